The molecule has 52 valence electrons. The van der Waals surface area contributed by atoms with Gasteiger partial charge in [0.2, 0.25) is 0 Å². The van der Waals surface area contributed by atoms with E-state index in [2.05, 4.69) is 12.5 Å². The number of nitrogens with two attached hydrogens (primary N) is 1. The summed E-state index contributed by atoms with van der Waals surface area (Å²) in [6, 6.07) is 0. The quantitative estimate of drug-likeness (QED) is 0.449. The van der Waals surface area contributed by atoms with Crippen molar-refractivity contribution in [3.05, 3.63) is 36.1 Å². The van der Waals surface area contributed by atoms with Crippen molar-refractivity contribution in [2.45, 2.75) is 6.92 Å². The van der Waals surface area contributed by atoms with E-state index < -0.39 is 0 Å². The fraction of sp³-hybridized carbons (Fsp3) is 0.111. The molecular formula is C9H11N. The predicted octanol–water partition coefficient (Wildman–Crippen LogP) is 1.59. The van der Waals surface area contributed by atoms with Gasteiger partial charge in [-0.15, -0.1) is 6.42 Å². The molecule has 2 N–H and O–H groups in total. The standard InChI is InChI=1S/C9H11N/c1-4-8(5-2)7-9(10)6-3/h1,5-7H,2,10H2,3H3/b8-7-,9-6+. The van der Waals surface area contributed by atoms with Crippen LogP contribution in [-0.2, 0) is 0 Å². The Morgan fingerprint density at radius 1 is 1.70 bits per heavy atom. The maximum absolute atomic E-state index is 5.47. The smallest absolute Gasteiger partial charge is 0.0283 e. The van der Waals surface area contributed by atoms with Crippen LogP contribution in [0.25, 0.3) is 0 Å². The van der Waals surface area contributed by atoms with Crippen molar-refractivity contribution in [2.24, 2.45) is 5.73 Å². The van der Waals surface area contributed by atoms with Crippen molar-refractivity contribution in [3.63, 3.8) is 0 Å². The van der Waals surface area contributed by atoms with Gasteiger partial charge in [0, 0.05) is 11.3 Å². The third-order valence-electron chi connectivity index (χ3n) is 1.04. The molecular weight excluding hydrogens is 122 g/mol. The van der Waals surface area contributed by atoms with Crippen LogP contribution in [-0.4, -0.2) is 0 Å². The van der Waals surface area contributed by atoms with Crippen LogP contribution >= 0.6 is 0 Å². The monoisotopic (exact) mass is 133 g/mol. The molecule has 0 amide bonds. The fourth-order valence-electron chi connectivity index (χ4n) is 0.422. The summed E-state index contributed by atoms with van der Waals surface area (Å²) in [4.78, 5) is 0. The normalized spacial score (nSPS) is 12.4. The Balaban J connectivity index is 4.44. The number of terminal acetylenes is 1. The van der Waals surface area contributed by atoms with Crippen molar-refractivity contribution >= 4 is 0 Å². The summed E-state index contributed by atoms with van der Waals surface area (Å²) in [5.41, 5.74) is 6.83. The topological polar surface area (TPSA) is 26.0 Å². The molecule has 0 aliphatic carbocycles. The summed E-state index contributed by atoms with van der Waals surface area (Å²) in [5.74, 6) is 2.44. The third-order valence-corrected chi connectivity index (χ3v) is 1.04. The molecule has 0 aromatic carbocycles. The Hall–Kier alpha value is -1.42. The van der Waals surface area contributed by atoms with Crippen LogP contribution in [0, 0.1) is 12.3 Å². The maximum atomic E-state index is 5.47. The Bertz CT molecular complexity index is 213. The Morgan fingerprint density at radius 2 is 2.30 bits per heavy atom. The lowest BCUT2D eigenvalue weighted by Crippen LogP contribution is -1.92. The zero-order valence-corrected chi connectivity index (χ0v) is 6.09. The molecule has 1 heteroatoms. The van der Waals surface area contributed by atoms with Crippen LogP contribution in [0.4, 0.5) is 0 Å². The summed E-state index contributed by atoms with van der Waals surface area (Å²) in [6.07, 6.45) is 10.2. The molecule has 0 aromatic heterocycles. The van der Waals surface area contributed by atoms with Crippen LogP contribution in [0.3, 0.4) is 0 Å². The van der Waals surface area contributed by atoms with Gasteiger partial charge in [0.05, 0.1) is 0 Å². The van der Waals surface area contributed by atoms with Gasteiger partial charge in [0.1, 0.15) is 0 Å². The van der Waals surface area contributed by atoms with Gasteiger partial charge in [-0.25, -0.2) is 0 Å². The highest BCUT2D eigenvalue weighted by Gasteiger charge is 1.83. The molecule has 0 saturated carbocycles. The van der Waals surface area contributed by atoms with E-state index in [1.807, 2.05) is 6.92 Å². The van der Waals surface area contributed by atoms with Gasteiger partial charge in [-0.3, -0.25) is 0 Å². The van der Waals surface area contributed by atoms with E-state index in [9.17, 15) is 0 Å². The molecule has 0 atom stereocenters. The van der Waals surface area contributed by atoms with Gasteiger partial charge < -0.3 is 5.73 Å². The summed E-state index contributed by atoms with van der Waals surface area (Å²) in [6.45, 7) is 5.38. The van der Waals surface area contributed by atoms with Gasteiger partial charge in [-0.2, -0.15) is 0 Å². The number of rotatable bonds is 2. The number of hydrogen-bond acceptors (Lipinski definition) is 1. The van der Waals surface area contributed by atoms with Gasteiger partial charge in [-0.1, -0.05) is 24.7 Å². The van der Waals surface area contributed by atoms with Crippen LogP contribution in [0.2, 0.25) is 0 Å². The fourth-order valence-corrected chi connectivity index (χ4v) is 0.422. The third kappa shape index (κ3) is 2.78. The molecule has 0 saturated heterocycles. The minimum atomic E-state index is 0.660. The lowest BCUT2D eigenvalue weighted by molar-refractivity contribution is 1.38. The minimum Gasteiger partial charge on any atom is -0.399 e. The van der Waals surface area contributed by atoms with E-state index in [-0.39, 0.29) is 0 Å². The van der Waals surface area contributed by atoms with Crippen LogP contribution in [0.15, 0.2) is 36.1 Å². The van der Waals surface area contributed by atoms with Gasteiger partial charge >= 0.3 is 0 Å². The lowest BCUT2D eigenvalue weighted by atomic mass is 10.2. The molecule has 0 unspecified atom stereocenters. The zero-order chi connectivity index (χ0) is 7.98. The number of allylic oxidation sites excluding steroid dienone is 4. The molecule has 0 radical (unpaired) electrons. The van der Waals surface area contributed by atoms with E-state index in [1.54, 1.807) is 18.2 Å². The largest absolute Gasteiger partial charge is 0.399 e. The maximum Gasteiger partial charge on any atom is 0.0283 e. The second-order valence-electron chi connectivity index (χ2n) is 1.74. The van der Waals surface area contributed by atoms with Gasteiger partial charge in [0.15, 0.2) is 0 Å². The van der Waals surface area contributed by atoms with Crippen molar-refractivity contribution in [1.82, 2.24) is 0 Å². The highest BCUT2D eigenvalue weighted by molar-refractivity contribution is 5.39. The summed E-state index contributed by atoms with van der Waals surface area (Å²) < 4.78 is 0. The predicted molar refractivity (Wildman–Crippen MR) is 45.1 cm³/mol. The second-order valence-corrected chi connectivity index (χ2v) is 1.74. The second kappa shape index (κ2) is 4.46. The first-order chi connectivity index (χ1) is 4.74. The van der Waals surface area contributed by atoms with E-state index in [4.69, 9.17) is 12.2 Å². The van der Waals surface area contributed by atoms with Crippen molar-refractivity contribution in [2.75, 3.05) is 0 Å². The average molecular weight is 133 g/mol. The molecule has 0 aromatic rings. The molecule has 0 aliphatic rings. The minimum absolute atomic E-state index is 0.660. The first-order valence-corrected chi connectivity index (χ1v) is 2.97. The highest BCUT2D eigenvalue weighted by atomic mass is 14.5. The number of hydrogen-bond donors (Lipinski definition) is 1. The van der Waals surface area contributed by atoms with Crippen molar-refractivity contribution in [3.8, 4) is 12.3 Å². The van der Waals surface area contributed by atoms with Crippen molar-refractivity contribution in [1.29, 1.82) is 0 Å². The lowest BCUT2D eigenvalue weighted by Gasteiger charge is -1.90. The molecule has 0 spiro atoms. The molecule has 0 rings (SSSR count). The van der Waals surface area contributed by atoms with Crippen LogP contribution in [0.5, 0.6) is 0 Å². The molecule has 0 heterocycles. The summed E-state index contributed by atoms with van der Waals surface area (Å²) >= 11 is 0. The van der Waals surface area contributed by atoms with Crippen LogP contribution in [0.1, 0.15) is 6.92 Å². The van der Waals surface area contributed by atoms with E-state index in [1.165, 1.54) is 0 Å². The van der Waals surface area contributed by atoms with Gasteiger partial charge in [-0.05, 0) is 13.0 Å². The van der Waals surface area contributed by atoms with E-state index in [0.717, 1.165) is 0 Å². The molecule has 10 heavy (non-hydrogen) atoms. The SMILES string of the molecule is C#C/C(C=C)=C/C(N)=C\C. The average Bonchev–Trinajstić information content (AvgIpc) is 1.99. The molecule has 0 bridgehead atoms. The Morgan fingerprint density at radius 3 is 2.60 bits per heavy atom. The highest BCUT2D eigenvalue weighted by Crippen LogP contribution is 1.96. The van der Waals surface area contributed by atoms with E-state index in [0.29, 0.717) is 11.3 Å². The van der Waals surface area contributed by atoms with Crippen molar-refractivity contribution < 1.29 is 0 Å². The van der Waals surface area contributed by atoms with Gasteiger partial charge in [0.25, 0.3) is 0 Å². The first kappa shape index (κ1) is 8.58. The summed E-state index contributed by atoms with van der Waals surface area (Å²) in [5, 5.41) is 0. The Kier molecular flexibility index (Phi) is 3.83. The molecule has 0 fully saturated rings. The molecule has 1 nitrogen and oxygen atoms in total. The van der Waals surface area contributed by atoms with E-state index >= 15 is 0 Å². The summed E-state index contributed by atoms with van der Waals surface area (Å²) in [7, 11) is 0. The zero-order valence-electron chi connectivity index (χ0n) is 6.09. The molecule has 0 aliphatic heterocycles. The van der Waals surface area contributed by atoms with Crippen LogP contribution < -0.4 is 5.73 Å². The first-order valence-electron chi connectivity index (χ1n) is 2.97. The Labute approximate surface area is 61.9 Å².